The fourth-order valence-electron chi connectivity index (χ4n) is 3.24. The third-order valence-electron chi connectivity index (χ3n) is 4.76. The van der Waals surface area contributed by atoms with E-state index in [1.165, 1.54) is 42.4 Å². The van der Waals surface area contributed by atoms with Crippen molar-refractivity contribution < 1.29 is 0 Å². The van der Waals surface area contributed by atoms with Crippen molar-refractivity contribution in [1.82, 2.24) is 10.2 Å². The largest absolute Gasteiger partial charge is 0.311 e. The van der Waals surface area contributed by atoms with Gasteiger partial charge in [0.1, 0.15) is 0 Å². The minimum Gasteiger partial charge on any atom is -0.311 e. The van der Waals surface area contributed by atoms with Crippen LogP contribution in [0.5, 0.6) is 0 Å². The van der Waals surface area contributed by atoms with E-state index in [4.69, 9.17) is 0 Å². The molecule has 0 aromatic heterocycles. The van der Waals surface area contributed by atoms with Crippen molar-refractivity contribution in [3.8, 4) is 0 Å². The van der Waals surface area contributed by atoms with E-state index in [9.17, 15) is 0 Å². The minimum atomic E-state index is 0.387. The van der Waals surface area contributed by atoms with Gasteiger partial charge in [-0.05, 0) is 51.9 Å². The molecule has 2 nitrogen and oxygen atoms in total. The molecule has 0 aliphatic heterocycles. The van der Waals surface area contributed by atoms with Crippen LogP contribution in [-0.4, -0.2) is 31.1 Å². The Bertz CT molecular complexity index is 417. The molecule has 1 aromatic rings. The predicted octanol–water partition coefficient (Wildman–Crippen LogP) is 3.27. The molecule has 19 heavy (non-hydrogen) atoms. The zero-order chi connectivity index (χ0) is 13.9. The molecule has 106 valence electrons. The SMILES string of the molecule is Cc1ccc(C)c(CNCC2(N(C)C)CCCC2)c1. The number of hydrogen-bond donors (Lipinski definition) is 1. The van der Waals surface area contributed by atoms with E-state index in [2.05, 4.69) is 56.4 Å². The summed E-state index contributed by atoms with van der Waals surface area (Å²) in [7, 11) is 4.45. The number of nitrogens with one attached hydrogen (secondary N) is 1. The third-order valence-corrected chi connectivity index (χ3v) is 4.76. The summed E-state index contributed by atoms with van der Waals surface area (Å²) in [5.41, 5.74) is 4.57. The first-order valence-electron chi connectivity index (χ1n) is 7.48. The fraction of sp³-hybridized carbons (Fsp3) is 0.647. The van der Waals surface area contributed by atoms with Gasteiger partial charge in [0.15, 0.2) is 0 Å². The van der Waals surface area contributed by atoms with Crippen LogP contribution in [0.4, 0.5) is 0 Å². The van der Waals surface area contributed by atoms with Gasteiger partial charge in [-0.1, -0.05) is 36.6 Å². The molecule has 0 spiro atoms. The van der Waals surface area contributed by atoms with Gasteiger partial charge in [0.25, 0.3) is 0 Å². The second kappa shape index (κ2) is 6.06. The van der Waals surface area contributed by atoms with Gasteiger partial charge in [-0.3, -0.25) is 0 Å². The molecule has 0 unspecified atom stereocenters. The summed E-state index contributed by atoms with van der Waals surface area (Å²) in [6.45, 7) is 6.46. The van der Waals surface area contributed by atoms with Gasteiger partial charge in [0.2, 0.25) is 0 Å². The van der Waals surface area contributed by atoms with Crippen LogP contribution in [-0.2, 0) is 6.54 Å². The molecule has 0 heterocycles. The highest BCUT2D eigenvalue weighted by Crippen LogP contribution is 2.33. The molecule has 2 heteroatoms. The lowest BCUT2D eigenvalue weighted by Gasteiger charge is -2.36. The summed E-state index contributed by atoms with van der Waals surface area (Å²) in [6, 6.07) is 6.72. The van der Waals surface area contributed by atoms with Crippen molar-refractivity contribution in [2.24, 2.45) is 0 Å². The molecule has 0 radical (unpaired) electrons. The Morgan fingerprint density at radius 2 is 1.84 bits per heavy atom. The topological polar surface area (TPSA) is 15.3 Å². The lowest BCUT2D eigenvalue weighted by atomic mass is 9.95. The minimum absolute atomic E-state index is 0.387. The highest BCUT2D eigenvalue weighted by atomic mass is 15.2. The van der Waals surface area contributed by atoms with Crippen LogP contribution < -0.4 is 5.32 Å². The van der Waals surface area contributed by atoms with Gasteiger partial charge in [-0.2, -0.15) is 0 Å². The van der Waals surface area contributed by atoms with Crippen LogP contribution in [0.2, 0.25) is 0 Å². The van der Waals surface area contributed by atoms with Gasteiger partial charge >= 0.3 is 0 Å². The monoisotopic (exact) mass is 260 g/mol. The van der Waals surface area contributed by atoms with E-state index in [1.807, 2.05) is 0 Å². The Balaban J connectivity index is 1.94. The third kappa shape index (κ3) is 3.37. The fourth-order valence-corrected chi connectivity index (χ4v) is 3.24. The van der Waals surface area contributed by atoms with E-state index in [0.717, 1.165) is 13.1 Å². The summed E-state index contributed by atoms with van der Waals surface area (Å²) in [5.74, 6) is 0. The maximum Gasteiger partial charge on any atom is 0.0328 e. The molecule has 2 rings (SSSR count). The summed E-state index contributed by atoms with van der Waals surface area (Å²) < 4.78 is 0. The molecule has 1 aliphatic rings. The Morgan fingerprint density at radius 1 is 1.16 bits per heavy atom. The molecule has 1 aliphatic carbocycles. The quantitative estimate of drug-likeness (QED) is 0.874. The molecule has 0 amide bonds. The van der Waals surface area contributed by atoms with Crippen molar-refractivity contribution in [1.29, 1.82) is 0 Å². The van der Waals surface area contributed by atoms with Crippen molar-refractivity contribution in [3.63, 3.8) is 0 Å². The molecule has 0 saturated heterocycles. The van der Waals surface area contributed by atoms with Crippen molar-refractivity contribution in [2.75, 3.05) is 20.6 Å². The van der Waals surface area contributed by atoms with Crippen LogP contribution >= 0.6 is 0 Å². The Morgan fingerprint density at radius 3 is 2.47 bits per heavy atom. The van der Waals surface area contributed by atoms with Gasteiger partial charge in [-0.15, -0.1) is 0 Å². The first-order valence-corrected chi connectivity index (χ1v) is 7.48. The summed E-state index contributed by atoms with van der Waals surface area (Å²) in [4.78, 5) is 2.43. The summed E-state index contributed by atoms with van der Waals surface area (Å²) in [5, 5.41) is 3.69. The van der Waals surface area contributed by atoms with Crippen molar-refractivity contribution >= 4 is 0 Å². The van der Waals surface area contributed by atoms with Crippen molar-refractivity contribution in [2.45, 2.75) is 51.6 Å². The smallest absolute Gasteiger partial charge is 0.0328 e. The highest BCUT2D eigenvalue weighted by Gasteiger charge is 2.35. The predicted molar refractivity (Wildman–Crippen MR) is 82.5 cm³/mol. The average Bonchev–Trinajstić information content (AvgIpc) is 2.84. The standard InChI is InChI=1S/C17H28N2/c1-14-7-8-15(2)16(11-14)12-18-13-17(19(3)4)9-5-6-10-17/h7-8,11,18H,5-6,9-10,12-13H2,1-4H3. The zero-order valence-corrected chi connectivity index (χ0v) is 12.9. The van der Waals surface area contributed by atoms with Crippen LogP contribution in [0, 0.1) is 13.8 Å². The van der Waals surface area contributed by atoms with E-state index in [0.29, 0.717) is 5.54 Å². The second-order valence-corrected chi connectivity index (χ2v) is 6.36. The molecule has 1 saturated carbocycles. The normalized spacial score (nSPS) is 18.2. The van der Waals surface area contributed by atoms with E-state index >= 15 is 0 Å². The number of benzene rings is 1. The van der Waals surface area contributed by atoms with E-state index in [1.54, 1.807) is 0 Å². The van der Waals surface area contributed by atoms with E-state index < -0.39 is 0 Å². The number of nitrogens with zero attached hydrogens (tertiary/aromatic N) is 1. The lowest BCUT2D eigenvalue weighted by molar-refractivity contribution is 0.153. The first-order chi connectivity index (χ1) is 9.03. The van der Waals surface area contributed by atoms with Crippen molar-refractivity contribution in [3.05, 3.63) is 34.9 Å². The van der Waals surface area contributed by atoms with Crippen LogP contribution in [0.15, 0.2) is 18.2 Å². The molecule has 0 bridgehead atoms. The molecule has 1 N–H and O–H groups in total. The van der Waals surface area contributed by atoms with Gasteiger partial charge in [0.05, 0.1) is 0 Å². The summed E-state index contributed by atoms with van der Waals surface area (Å²) in [6.07, 6.45) is 5.42. The molecule has 1 aromatic carbocycles. The number of aryl methyl sites for hydroxylation is 2. The van der Waals surface area contributed by atoms with Gasteiger partial charge < -0.3 is 10.2 Å². The van der Waals surface area contributed by atoms with Gasteiger partial charge in [-0.25, -0.2) is 0 Å². The average molecular weight is 260 g/mol. The van der Waals surface area contributed by atoms with Crippen LogP contribution in [0.25, 0.3) is 0 Å². The maximum absolute atomic E-state index is 3.69. The molecule has 0 atom stereocenters. The summed E-state index contributed by atoms with van der Waals surface area (Å²) >= 11 is 0. The Kier molecular flexibility index (Phi) is 4.64. The highest BCUT2D eigenvalue weighted by molar-refractivity contribution is 5.30. The second-order valence-electron chi connectivity index (χ2n) is 6.36. The molecular weight excluding hydrogens is 232 g/mol. The Hall–Kier alpha value is -0.860. The zero-order valence-electron chi connectivity index (χ0n) is 12.9. The van der Waals surface area contributed by atoms with Gasteiger partial charge in [0, 0.05) is 18.6 Å². The maximum atomic E-state index is 3.69. The van der Waals surface area contributed by atoms with Crippen LogP contribution in [0.3, 0.4) is 0 Å². The lowest BCUT2D eigenvalue weighted by Crippen LogP contribution is -2.49. The number of rotatable bonds is 5. The molecule has 1 fully saturated rings. The number of likely N-dealkylation sites (N-methyl/N-ethyl adjacent to an activating group) is 1. The first kappa shape index (κ1) is 14.5. The number of hydrogen-bond acceptors (Lipinski definition) is 2. The van der Waals surface area contributed by atoms with Crippen LogP contribution in [0.1, 0.15) is 42.4 Å². The molecular formula is C17H28N2. The Labute approximate surface area is 118 Å². The van der Waals surface area contributed by atoms with E-state index in [-0.39, 0.29) is 0 Å².